The molecule has 2 N–H and O–H groups in total. The van der Waals surface area contributed by atoms with Gasteiger partial charge in [0, 0.05) is 11.5 Å². The molecular weight excluding hydrogens is 512 g/mol. The fourth-order valence-electron chi connectivity index (χ4n) is 3.93. The summed E-state index contributed by atoms with van der Waals surface area (Å²) < 4.78 is 107. The first-order valence-corrected chi connectivity index (χ1v) is 12.1. The molecule has 1 unspecified atom stereocenters. The first-order valence-electron chi connectivity index (χ1n) is 10.7. The topological polar surface area (TPSA) is 82.5 Å². The summed E-state index contributed by atoms with van der Waals surface area (Å²) in [4.78, 5) is 3.19. The van der Waals surface area contributed by atoms with Crippen molar-refractivity contribution >= 4 is 15.8 Å². The minimum absolute atomic E-state index is 0.0415. The van der Waals surface area contributed by atoms with E-state index >= 15 is 0 Å². The number of allylic oxidation sites excluding steroid dienone is 1. The lowest BCUT2D eigenvalue weighted by Gasteiger charge is -2.33. The predicted molar refractivity (Wildman–Crippen MR) is 118 cm³/mol. The van der Waals surface area contributed by atoms with E-state index < -0.39 is 56.6 Å². The van der Waals surface area contributed by atoms with Gasteiger partial charge in [-0.3, -0.25) is 4.31 Å². The maximum atomic E-state index is 13.6. The minimum Gasteiger partial charge on any atom is -0.390 e. The van der Waals surface area contributed by atoms with E-state index in [2.05, 4.69) is 10.3 Å². The van der Waals surface area contributed by atoms with E-state index in [1.54, 1.807) is 6.08 Å². The van der Waals surface area contributed by atoms with E-state index in [1.165, 1.54) is 19.9 Å². The molecule has 36 heavy (non-hydrogen) atoms. The molecule has 13 heteroatoms. The molecule has 6 nitrogen and oxygen atoms in total. The Kier molecular flexibility index (Phi) is 6.15. The number of fused-ring (bicyclic) bond motifs is 2. The van der Waals surface area contributed by atoms with Crippen LogP contribution in [-0.2, 0) is 28.9 Å². The number of hydrogen-bond acceptors (Lipinski definition) is 5. The maximum absolute atomic E-state index is 13.6. The Bertz CT molecular complexity index is 1340. The Labute approximate surface area is 203 Å². The number of nitrogens with one attached hydrogen (secondary N) is 1. The van der Waals surface area contributed by atoms with Gasteiger partial charge in [0.2, 0.25) is 0 Å². The summed E-state index contributed by atoms with van der Waals surface area (Å²) in [7, 11) is -4.48. The molecule has 2 aliphatic rings. The Morgan fingerprint density at radius 2 is 1.64 bits per heavy atom. The minimum atomic E-state index is -4.74. The van der Waals surface area contributed by atoms with Crippen LogP contribution in [-0.4, -0.2) is 28.4 Å². The van der Waals surface area contributed by atoms with Crippen LogP contribution in [0.15, 0.2) is 64.8 Å². The van der Waals surface area contributed by atoms with Gasteiger partial charge in [-0.1, -0.05) is 18.2 Å². The fraction of sp³-hybridized carbons (Fsp3) is 0.348. The molecule has 1 aliphatic carbocycles. The Morgan fingerprint density at radius 3 is 2.19 bits per heavy atom. The molecule has 0 bridgehead atoms. The largest absolute Gasteiger partial charge is 0.433 e. The van der Waals surface area contributed by atoms with Crippen molar-refractivity contribution in [3.63, 3.8) is 0 Å². The highest BCUT2D eigenvalue weighted by atomic mass is 32.2. The highest BCUT2D eigenvalue weighted by molar-refractivity contribution is 7.89. The molecule has 2 heterocycles. The number of benzene rings is 1. The lowest BCUT2D eigenvalue weighted by molar-refractivity contribution is -0.141. The van der Waals surface area contributed by atoms with E-state index in [9.17, 15) is 39.9 Å². The summed E-state index contributed by atoms with van der Waals surface area (Å²) in [5.74, 6) is -0.753. The number of pyridine rings is 1. The number of hydrogen-bond donors (Lipinski definition) is 2. The van der Waals surface area contributed by atoms with Crippen LogP contribution in [0.25, 0.3) is 0 Å². The van der Waals surface area contributed by atoms with Gasteiger partial charge in [-0.25, -0.2) is 13.4 Å². The summed E-state index contributed by atoms with van der Waals surface area (Å²) in [5.41, 5.74) is -3.16. The number of aliphatic hydroxyl groups is 1. The Morgan fingerprint density at radius 1 is 1.00 bits per heavy atom. The van der Waals surface area contributed by atoms with Gasteiger partial charge in [0.25, 0.3) is 10.0 Å². The number of halogens is 6. The van der Waals surface area contributed by atoms with Crippen LogP contribution in [0.5, 0.6) is 0 Å². The fourth-order valence-corrected chi connectivity index (χ4v) is 5.39. The standard InChI is InChI=1S/C23H21F6N3O3S/c1-21(2,33)15-6-9-17-18(11-15)32(12-13-3-10-19(23(27,28)29)31-20(13)30-17)36(34,35)16-7-4-14(5-8-16)22(24,25)26/h3-5,7-11,15,33H,6,12H2,1-2H3,(H,30,31). The average Bonchev–Trinajstić information content (AvgIpc) is 2.93. The van der Waals surface area contributed by atoms with Crippen molar-refractivity contribution < 1.29 is 39.9 Å². The van der Waals surface area contributed by atoms with E-state index in [-0.39, 0.29) is 29.2 Å². The van der Waals surface area contributed by atoms with Crippen LogP contribution in [0, 0.1) is 5.92 Å². The summed E-state index contributed by atoms with van der Waals surface area (Å²) in [5, 5.41) is 13.3. The second-order valence-corrected chi connectivity index (χ2v) is 10.9. The van der Waals surface area contributed by atoms with Crippen LogP contribution < -0.4 is 5.32 Å². The molecule has 1 aromatic carbocycles. The maximum Gasteiger partial charge on any atom is 0.433 e. The van der Waals surface area contributed by atoms with Crippen LogP contribution in [0.4, 0.5) is 32.2 Å². The highest BCUT2D eigenvalue weighted by Gasteiger charge is 2.39. The van der Waals surface area contributed by atoms with Gasteiger partial charge in [0.1, 0.15) is 11.5 Å². The Hall–Kier alpha value is -3.06. The predicted octanol–water partition coefficient (Wildman–Crippen LogP) is 5.29. The molecule has 1 aliphatic heterocycles. The van der Waals surface area contributed by atoms with Gasteiger partial charge in [0.05, 0.1) is 34.0 Å². The van der Waals surface area contributed by atoms with Gasteiger partial charge < -0.3 is 10.4 Å². The van der Waals surface area contributed by atoms with E-state index in [1.807, 2.05) is 0 Å². The van der Waals surface area contributed by atoms with Gasteiger partial charge in [-0.05, 0) is 50.6 Å². The van der Waals surface area contributed by atoms with Gasteiger partial charge in [0.15, 0.2) is 0 Å². The Balaban J connectivity index is 1.85. The third kappa shape index (κ3) is 4.94. The normalized spacial score (nSPS) is 18.9. The van der Waals surface area contributed by atoms with Crippen molar-refractivity contribution in [3.8, 4) is 0 Å². The molecule has 0 saturated carbocycles. The third-order valence-electron chi connectivity index (χ3n) is 5.99. The van der Waals surface area contributed by atoms with Gasteiger partial charge >= 0.3 is 12.4 Å². The summed E-state index contributed by atoms with van der Waals surface area (Å²) in [6.07, 6.45) is -6.12. The first-order chi connectivity index (χ1) is 16.5. The number of anilines is 1. The van der Waals surface area contributed by atoms with Crippen molar-refractivity contribution in [2.24, 2.45) is 5.92 Å². The van der Waals surface area contributed by atoms with Crippen LogP contribution in [0.1, 0.15) is 37.1 Å². The molecule has 0 saturated heterocycles. The molecule has 4 rings (SSSR count). The van der Waals surface area contributed by atoms with Gasteiger partial charge in [-0.2, -0.15) is 26.3 Å². The summed E-state index contributed by atoms with van der Waals surface area (Å²) in [6.45, 7) is 2.61. The number of nitrogens with zero attached hydrogens (tertiary/aromatic N) is 2. The molecular formula is C23H21F6N3O3S. The van der Waals surface area contributed by atoms with Crippen molar-refractivity contribution in [2.45, 2.75) is 49.7 Å². The quantitative estimate of drug-likeness (QED) is 0.524. The summed E-state index contributed by atoms with van der Waals surface area (Å²) >= 11 is 0. The molecule has 1 aromatic heterocycles. The molecule has 0 spiro atoms. The molecule has 0 amide bonds. The van der Waals surface area contributed by atoms with Crippen molar-refractivity contribution in [1.82, 2.24) is 9.29 Å². The van der Waals surface area contributed by atoms with Crippen molar-refractivity contribution in [2.75, 3.05) is 5.32 Å². The van der Waals surface area contributed by atoms with Crippen LogP contribution in [0.3, 0.4) is 0 Å². The number of aromatic nitrogens is 1. The van der Waals surface area contributed by atoms with E-state index in [0.717, 1.165) is 28.6 Å². The van der Waals surface area contributed by atoms with E-state index in [0.29, 0.717) is 12.1 Å². The van der Waals surface area contributed by atoms with Gasteiger partial charge in [-0.15, -0.1) is 0 Å². The number of rotatable bonds is 3. The SMILES string of the molecule is CC(C)(O)C1C=C2C(=CC1)Nc1nc(C(F)(F)F)ccc1CN2S(=O)(=O)c1ccc(C(F)(F)F)cc1. The number of sulfonamides is 1. The van der Waals surface area contributed by atoms with Crippen molar-refractivity contribution in [3.05, 3.63) is 76.8 Å². The smallest absolute Gasteiger partial charge is 0.390 e. The average molecular weight is 533 g/mol. The first kappa shape index (κ1) is 26.0. The molecule has 2 aromatic rings. The zero-order valence-electron chi connectivity index (χ0n) is 18.9. The zero-order chi connectivity index (χ0) is 26.7. The molecule has 1 atom stereocenters. The lowest BCUT2D eigenvalue weighted by atomic mass is 9.84. The number of alkyl halides is 6. The molecule has 0 fully saturated rings. The van der Waals surface area contributed by atoms with Crippen LogP contribution >= 0.6 is 0 Å². The summed E-state index contributed by atoms with van der Waals surface area (Å²) in [6, 6.07) is 4.74. The highest BCUT2D eigenvalue weighted by Crippen LogP contribution is 2.40. The van der Waals surface area contributed by atoms with Crippen LogP contribution in [0.2, 0.25) is 0 Å². The second-order valence-electron chi connectivity index (χ2n) is 9.03. The monoisotopic (exact) mass is 533 g/mol. The molecule has 0 radical (unpaired) electrons. The zero-order valence-corrected chi connectivity index (χ0v) is 19.8. The van der Waals surface area contributed by atoms with E-state index in [4.69, 9.17) is 0 Å². The molecule has 194 valence electrons. The third-order valence-corrected chi connectivity index (χ3v) is 7.77. The van der Waals surface area contributed by atoms with Crippen molar-refractivity contribution in [1.29, 1.82) is 0 Å². The second kappa shape index (κ2) is 8.51. The lowest BCUT2D eigenvalue weighted by Crippen LogP contribution is -2.36.